The molecule has 1 saturated carbocycles. The molecule has 1 aliphatic rings. The van der Waals surface area contributed by atoms with Gasteiger partial charge in [-0.3, -0.25) is 9.69 Å². The second-order valence-corrected chi connectivity index (χ2v) is 4.96. The van der Waals surface area contributed by atoms with Crippen LogP contribution in [0.25, 0.3) is 0 Å². The Balaban J connectivity index is 2.12. The summed E-state index contributed by atoms with van der Waals surface area (Å²) in [5.74, 6) is -0.766. The van der Waals surface area contributed by atoms with Gasteiger partial charge in [-0.05, 0) is 37.5 Å². The molecule has 0 saturated heterocycles. The third-order valence-electron chi connectivity index (χ3n) is 3.18. The van der Waals surface area contributed by atoms with E-state index in [2.05, 4.69) is 0 Å². The number of hydrogen-bond acceptors (Lipinski definition) is 2. The van der Waals surface area contributed by atoms with Gasteiger partial charge in [0, 0.05) is 17.1 Å². The van der Waals surface area contributed by atoms with Crippen LogP contribution in [0.1, 0.15) is 31.4 Å². The third kappa shape index (κ3) is 3.20. The van der Waals surface area contributed by atoms with Crippen LogP contribution in [0.5, 0.6) is 0 Å². The van der Waals surface area contributed by atoms with Crippen molar-refractivity contribution in [2.75, 3.05) is 6.54 Å². The van der Waals surface area contributed by atoms with Crippen LogP contribution in [0.4, 0.5) is 0 Å². The zero-order valence-corrected chi connectivity index (χ0v) is 10.5. The molecule has 0 aromatic heterocycles. The Labute approximate surface area is 106 Å². The van der Waals surface area contributed by atoms with Crippen LogP contribution >= 0.6 is 11.6 Å². The average molecular weight is 254 g/mol. The lowest BCUT2D eigenvalue weighted by molar-refractivity contribution is -0.139. The van der Waals surface area contributed by atoms with Gasteiger partial charge in [0.2, 0.25) is 0 Å². The summed E-state index contributed by atoms with van der Waals surface area (Å²) in [5, 5.41) is 9.64. The lowest BCUT2D eigenvalue weighted by atomic mass is 10.1. The number of carboxylic acid groups (broad SMARTS) is 1. The number of rotatable bonds is 5. The van der Waals surface area contributed by atoms with Gasteiger partial charge in [0.1, 0.15) is 0 Å². The van der Waals surface area contributed by atoms with Crippen LogP contribution in [0, 0.1) is 0 Å². The smallest absolute Gasteiger partial charge is 0.317 e. The molecule has 0 spiro atoms. The van der Waals surface area contributed by atoms with E-state index in [0.717, 1.165) is 18.4 Å². The SMILES string of the molecule is CC(c1ccc(Cl)cc1)N(CC(=O)O)C1CC1. The standard InChI is InChI=1S/C13H16ClNO2/c1-9(10-2-4-11(14)5-3-10)15(8-13(16)17)12-6-7-12/h2-5,9,12H,6-8H2,1H3,(H,16,17). The first-order valence-corrected chi connectivity index (χ1v) is 6.18. The number of aliphatic carboxylic acids is 1. The molecule has 17 heavy (non-hydrogen) atoms. The molecule has 1 fully saturated rings. The van der Waals surface area contributed by atoms with Crippen LogP contribution in [-0.4, -0.2) is 28.6 Å². The van der Waals surface area contributed by atoms with E-state index < -0.39 is 5.97 Å². The fraction of sp³-hybridized carbons (Fsp3) is 0.462. The lowest BCUT2D eigenvalue weighted by Gasteiger charge is -2.27. The average Bonchev–Trinajstić information content (AvgIpc) is 3.09. The quantitative estimate of drug-likeness (QED) is 0.877. The van der Waals surface area contributed by atoms with Crippen molar-refractivity contribution in [3.63, 3.8) is 0 Å². The van der Waals surface area contributed by atoms with E-state index in [9.17, 15) is 4.79 Å². The summed E-state index contributed by atoms with van der Waals surface area (Å²) in [4.78, 5) is 12.9. The van der Waals surface area contributed by atoms with Crippen LogP contribution < -0.4 is 0 Å². The molecule has 1 aromatic rings. The second kappa shape index (κ2) is 5.07. The second-order valence-electron chi connectivity index (χ2n) is 4.52. The molecule has 0 heterocycles. The summed E-state index contributed by atoms with van der Waals surface area (Å²) in [6.07, 6.45) is 2.20. The molecule has 1 atom stereocenters. The van der Waals surface area contributed by atoms with Crippen molar-refractivity contribution in [2.45, 2.75) is 31.8 Å². The fourth-order valence-corrected chi connectivity index (χ4v) is 2.20. The number of carboxylic acids is 1. The largest absolute Gasteiger partial charge is 0.480 e. The van der Waals surface area contributed by atoms with Gasteiger partial charge in [0.05, 0.1) is 6.54 Å². The van der Waals surface area contributed by atoms with E-state index in [4.69, 9.17) is 16.7 Å². The maximum atomic E-state index is 10.9. The maximum absolute atomic E-state index is 10.9. The molecule has 1 N–H and O–H groups in total. The van der Waals surface area contributed by atoms with Crippen LogP contribution in [0.15, 0.2) is 24.3 Å². The van der Waals surface area contributed by atoms with Crippen LogP contribution in [0.3, 0.4) is 0 Å². The van der Waals surface area contributed by atoms with Gasteiger partial charge in [0.25, 0.3) is 0 Å². The molecule has 1 aliphatic carbocycles. The number of benzene rings is 1. The molecule has 1 aromatic carbocycles. The maximum Gasteiger partial charge on any atom is 0.317 e. The van der Waals surface area contributed by atoms with Crippen molar-refractivity contribution in [3.8, 4) is 0 Å². The van der Waals surface area contributed by atoms with Gasteiger partial charge in [-0.1, -0.05) is 23.7 Å². The molecule has 0 bridgehead atoms. The van der Waals surface area contributed by atoms with Gasteiger partial charge in [0.15, 0.2) is 0 Å². The number of nitrogens with zero attached hydrogens (tertiary/aromatic N) is 1. The van der Waals surface area contributed by atoms with E-state index in [1.54, 1.807) is 0 Å². The minimum absolute atomic E-state index is 0.106. The highest BCUT2D eigenvalue weighted by Crippen LogP contribution is 2.34. The summed E-state index contributed by atoms with van der Waals surface area (Å²) in [5.41, 5.74) is 1.11. The predicted molar refractivity (Wildman–Crippen MR) is 67.2 cm³/mol. The van der Waals surface area contributed by atoms with E-state index in [-0.39, 0.29) is 12.6 Å². The van der Waals surface area contributed by atoms with Crippen molar-refractivity contribution in [2.24, 2.45) is 0 Å². The van der Waals surface area contributed by atoms with E-state index in [1.165, 1.54) is 0 Å². The zero-order chi connectivity index (χ0) is 12.4. The minimum atomic E-state index is -0.766. The van der Waals surface area contributed by atoms with E-state index in [1.807, 2.05) is 36.1 Å². The Hall–Kier alpha value is -1.06. The molecule has 4 heteroatoms. The van der Waals surface area contributed by atoms with Gasteiger partial charge >= 0.3 is 5.97 Å². The Kier molecular flexibility index (Phi) is 3.69. The monoisotopic (exact) mass is 253 g/mol. The fourth-order valence-electron chi connectivity index (χ4n) is 2.08. The molecular weight excluding hydrogens is 238 g/mol. The summed E-state index contributed by atoms with van der Waals surface area (Å²) in [6, 6.07) is 8.17. The van der Waals surface area contributed by atoms with Crippen LogP contribution in [-0.2, 0) is 4.79 Å². The van der Waals surface area contributed by atoms with Crippen molar-refractivity contribution >= 4 is 17.6 Å². The molecule has 0 aliphatic heterocycles. The van der Waals surface area contributed by atoms with E-state index in [0.29, 0.717) is 11.1 Å². The van der Waals surface area contributed by atoms with E-state index >= 15 is 0 Å². The van der Waals surface area contributed by atoms with Gasteiger partial charge in [-0.2, -0.15) is 0 Å². The minimum Gasteiger partial charge on any atom is -0.480 e. The molecule has 2 rings (SSSR count). The van der Waals surface area contributed by atoms with Gasteiger partial charge in [-0.25, -0.2) is 0 Å². The van der Waals surface area contributed by atoms with Crippen molar-refractivity contribution in [3.05, 3.63) is 34.9 Å². The Morgan fingerprint density at radius 2 is 2.06 bits per heavy atom. The summed E-state index contributed by atoms with van der Waals surface area (Å²) >= 11 is 5.85. The summed E-state index contributed by atoms with van der Waals surface area (Å²) in [6.45, 7) is 2.15. The van der Waals surface area contributed by atoms with Crippen molar-refractivity contribution in [1.29, 1.82) is 0 Å². The normalized spacial score (nSPS) is 17.1. The Bertz CT molecular complexity index is 400. The molecular formula is C13H16ClNO2. The Morgan fingerprint density at radius 1 is 1.47 bits per heavy atom. The van der Waals surface area contributed by atoms with Crippen molar-refractivity contribution in [1.82, 2.24) is 4.90 Å². The first-order valence-electron chi connectivity index (χ1n) is 5.81. The number of hydrogen-bond donors (Lipinski definition) is 1. The molecule has 1 unspecified atom stereocenters. The first kappa shape index (κ1) is 12.4. The molecule has 0 amide bonds. The predicted octanol–water partition coefficient (Wildman–Crippen LogP) is 2.95. The zero-order valence-electron chi connectivity index (χ0n) is 9.77. The van der Waals surface area contributed by atoms with Gasteiger partial charge < -0.3 is 5.11 Å². The highest BCUT2D eigenvalue weighted by atomic mass is 35.5. The number of carbonyl (C=O) groups is 1. The highest BCUT2D eigenvalue weighted by molar-refractivity contribution is 6.30. The molecule has 92 valence electrons. The van der Waals surface area contributed by atoms with Crippen molar-refractivity contribution < 1.29 is 9.90 Å². The lowest BCUT2D eigenvalue weighted by Crippen LogP contribution is -2.34. The highest BCUT2D eigenvalue weighted by Gasteiger charge is 2.33. The van der Waals surface area contributed by atoms with Crippen LogP contribution in [0.2, 0.25) is 5.02 Å². The first-order chi connectivity index (χ1) is 8.08. The van der Waals surface area contributed by atoms with Gasteiger partial charge in [-0.15, -0.1) is 0 Å². The summed E-state index contributed by atoms with van der Waals surface area (Å²) < 4.78 is 0. The third-order valence-corrected chi connectivity index (χ3v) is 3.44. The topological polar surface area (TPSA) is 40.5 Å². The Morgan fingerprint density at radius 3 is 2.53 bits per heavy atom. The summed E-state index contributed by atoms with van der Waals surface area (Å²) in [7, 11) is 0. The molecule has 0 radical (unpaired) electrons. The molecule has 3 nitrogen and oxygen atoms in total. The number of halogens is 1.